The minimum Gasteiger partial charge on any atom is -0.339 e. The monoisotopic (exact) mass is 393 g/mol. The molecule has 1 aromatic rings. The van der Waals surface area contributed by atoms with Crippen LogP contribution in [-0.2, 0) is 9.59 Å². The average molecular weight is 394 g/mol. The number of carbonyl (C=O) groups is 2. The van der Waals surface area contributed by atoms with Crippen molar-refractivity contribution in [2.45, 2.75) is 18.9 Å². The highest BCUT2D eigenvalue weighted by Gasteiger charge is 2.35. The molecule has 0 aromatic carbocycles. The lowest BCUT2D eigenvalue weighted by atomic mass is 10.1. The van der Waals surface area contributed by atoms with Gasteiger partial charge in [0, 0.05) is 70.2 Å². The van der Waals surface area contributed by atoms with Gasteiger partial charge in [-0.2, -0.15) is 0 Å². The first-order valence-corrected chi connectivity index (χ1v) is 9.63. The molecule has 1 unspecified atom stereocenters. The van der Waals surface area contributed by atoms with Gasteiger partial charge in [0.25, 0.3) is 0 Å². The van der Waals surface area contributed by atoms with Crippen LogP contribution in [0.15, 0.2) is 24.5 Å². The maximum Gasteiger partial charge on any atom is 0.236 e. The fourth-order valence-electron chi connectivity index (χ4n) is 3.88. The van der Waals surface area contributed by atoms with Crippen LogP contribution in [0, 0.1) is 5.92 Å². The van der Waals surface area contributed by atoms with Gasteiger partial charge in [-0.05, 0) is 24.5 Å². The SMILES string of the molecule is Cl.O=C(CN1CCNCC1c1cccnc1)N1CCN(C(=O)C2CC2)CC1. The zero-order valence-electron chi connectivity index (χ0n) is 15.5. The summed E-state index contributed by atoms with van der Waals surface area (Å²) in [4.78, 5) is 35.3. The Morgan fingerprint density at radius 1 is 1.11 bits per heavy atom. The molecule has 4 rings (SSSR count). The lowest BCUT2D eigenvalue weighted by Crippen LogP contribution is -2.55. The van der Waals surface area contributed by atoms with Gasteiger partial charge >= 0.3 is 0 Å². The fourth-order valence-corrected chi connectivity index (χ4v) is 3.88. The molecule has 1 atom stereocenters. The molecule has 0 bridgehead atoms. The van der Waals surface area contributed by atoms with E-state index in [0.717, 1.165) is 38.0 Å². The highest BCUT2D eigenvalue weighted by Crippen LogP contribution is 2.31. The van der Waals surface area contributed by atoms with Crippen LogP contribution in [0.1, 0.15) is 24.4 Å². The normalized spacial score (nSPS) is 23.6. The number of aromatic nitrogens is 1. The summed E-state index contributed by atoms with van der Waals surface area (Å²) in [5.41, 5.74) is 1.15. The van der Waals surface area contributed by atoms with Gasteiger partial charge in [0.05, 0.1) is 6.54 Å². The molecule has 0 spiro atoms. The van der Waals surface area contributed by atoms with Gasteiger partial charge < -0.3 is 15.1 Å². The van der Waals surface area contributed by atoms with Crippen molar-refractivity contribution in [3.8, 4) is 0 Å². The van der Waals surface area contributed by atoms with Crippen LogP contribution in [0.3, 0.4) is 0 Å². The van der Waals surface area contributed by atoms with Crippen LogP contribution in [0.2, 0.25) is 0 Å². The molecule has 1 aromatic heterocycles. The quantitative estimate of drug-likeness (QED) is 0.808. The molecular weight excluding hydrogens is 366 g/mol. The van der Waals surface area contributed by atoms with E-state index in [0.29, 0.717) is 32.7 Å². The number of hydrogen-bond acceptors (Lipinski definition) is 5. The third-order valence-corrected chi connectivity index (χ3v) is 5.63. The second kappa shape index (κ2) is 8.99. The number of halogens is 1. The Morgan fingerprint density at radius 2 is 1.85 bits per heavy atom. The summed E-state index contributed by atoms with van der Waals surface area (Å²) in [6, 6.07) is 4.20. The molecule has 27 heavy (non-hydrogen) atoms. The van der Waals surface area contributed by atoms with Crippen molar-refractivity contribution in [2.24, 2.45) is 5.92 Å². The zero-order valence-corrected chi connectivity index (χ0v) is 16.4. The number of rotatable bonds is 4. The van der Waals surface area contributed by atoms with E-state index in [1.165, 1.54) is 0 Å². The molecule has 1 aliphatic carbocycles. The van der Waals surface area contributed by atoms with Crippen LogP contribution in [0.25, 0.3) is 0 Å². The predicted molar refractivity (Wildman–Crippen MR) is 105 cm³/mol. The van der Waals surface area contributed by atoms with Crippen molar-refractivity contribution in [3.63, 3.8) is 0 Å². The van der Waals surface area contributed by atoms with Crippen molar-refractivity contribution >= 4 is 24.2 Å². The minimum absolute atomic E-state index is 0. The van der Waals surface area contributed by atoms with E-state index in [2.05, 4.69) is 21.3 Å². The highest BCUT2D eigenvalue weighted by atomic mass is 35.5. The zero-order chi connectivity index (χ0) is 17.9. The fraction of sp³-hybridized carbons (Fsp3) is 0.632. The predicted octanol–water partition coefficient (Wildman–Crippen LogP) is 0.531. The Labute approximate surface area is 166 Å². The Balaban J connectivity index is 0.00000210. The van der Waals surface area contributed by atoms with Gasteiger partial charge in [0.1, 0.15) is 0 Å². The van der Waals surface area contributed by atoms with E-state index in [1.807, 2.05) is 22.1 Å². The smallest absolute Gasteiger partial charge is 0.236 e. The molecule has 2 saturated heterocycles. The maximum atomic E-state index is 12.8. The molecule has 8 heteroatoms. The van der Waals surface area contributed by atoms with E-state index < -0.39 is 0 Å². The summed E-state index contributed by atoms with van der Waals surface area (Å²) < 4.78 is 0. The summed E-state index contributed by atoms with van der Waals surface area (Å²) in [6.45, 7) is 5.67. The first kappa shape index (κ1) is 20.0. The van der Waals surface area contributed by atoms with E-state index >= 15 is 0 Å². The first-order chi connectivity index (χ1) is 12.7. The molecular formula is C19H28ClN5O2. The Hall–Kier alpha value is -1.70. The third-order valence-electron chi connectivity index (χ3n) is 5.63. The molecule has 2 amide bonds. The highest BCUT2D eigenvalue weighted by molar-refractivity contribution is 5.85. The van der Waals surface area contributed by atoms with Crippen molar-refractivity contribution in [1.82, 2.24) is 25.0 Å². The second-order valence-corrected chi connectivity index (χ2v) is 7.46. The lowest BCUT2D eigenvalue weighted by molar-refractivity contribution is -0.141. The summed E-state index contributed by atoms with van der Waals surface area (Å²) in [5, 5.41) is 3.41. The largest absolute Gasteiger partial charge is 0.339 e. The van der Waals surface area contributed by atoms with Gasteiger partial charge in [0.15, 0.2) is 0 Å². The molecule has 1 N–H and O–H groups in total. The number of piperazine rings is 2. The second-order valence-electron chi connectivity index (χ2n) is 7.46. The van der Waals surface area contributed by atoms with Gasteiger partial charge in [-0.1, -0.05) is 6.07 Å². The topological polar surface area (TPSA) is 68.8 Å². The van der Waals surface area contributed by atoms with Crippen molar-refractivity contribution in [1.29, 1.82) is 0 Å². The van der Waals surface area contributed by atoms with Gasteiger partial charge in [-0.3, -0.25) is 19.5 Å². The van der Waals surface area contributed by atoms with Crippen LogP contribution in [0.5, 0.6) is 0 Å². The maximum absolute atomic E-state index is 12.8. The van der Waals surface area contributed by atoms with E-state index in [9.17, 15) is 9.59 Å². The molecule has 148 valence electrons. The molecule has 7 nitrogen and oxygen atoms in total. The number of amides is 2. The molecule has 1 saturated carbocycles. The van der Waals surface area contributed by atoms with E-state index in [4.69, 9.17) is 0 Å². The average Bonchev–Trinajstić information content (AvgIpc) is 3.54. The van der Waals surface area contributed by atoms with Crippen LogP contribution in [-0.4, -0.2) is 83.9 Å². The van der Waals surface area contributed by atoms with Gasteiger partial charge in [-0.25, -0.2) is 0 Å². The van der Waals surface area contributed by atoms with E-state index in [1.54, 1.807) is 6.20 Å². The number of nitrogens with one attached hydrogen (secondary N) is 1. The van der Waals surface area contributed by atoms with E-state index in [-0.39, 0.29) is 36.2 Å². The van der Waals surface area contributed by atoms with Crippen molar-refractivity contribution in [2.75, 3.05) is 52.4 Å². The van der Waals surface area contributed by atoms with Crippen LogP contribution < -0.4 is 5.32 Å². The van der Waals surface area contributed by atoms with Gasteiger partial charge in [-0.15, -0.1) is 12.4 Å². The van der Waals surface area contributed by atoms with Crippen molar-refractivity contribution in [3.05, 3.63) is 30.1 Å². The molecule has 3 aliphatic rings. The number of pyridine rings is 1. The summed E-state index contributed by atoms with van der Waals surface area (Å²) in [5.74, 6) is 0.716. The lowest BCUT2D eigenvalue weighted by Gasteiger charge is -2.39. The Bertz CT molecular complexity index is 647. The summed E-state index contributed by atoms with van der Waals surface area (Å²) >= 11 is 0. The number of carbonyl (C=O) groups excluding carboxylic acids is 2. The Kier molecular flexibility index (Phi) is 6.68. The molecule has 3 heterocycles. The minimum atomic E-state index is 0. The van der Waals surface area contributed by atoms with Crippen molar-refractivity contribution < 1.29 is 9.59 Å². The first-order valence-electron chi connectivity index (χ1n) is 9.63. The molecule has 3 fully saturated rings. The number of hydrogen-bond donors (Lipinski definition) is 1. The standard InChI is InChI=1S/C19H27N5O2.ClH/c25-18(22-8-10-23(11-9-22)19(26)15-3-4-15)14-24-7-6-21-13-17(24)16-2-1-5-20-12-16;/h1-2,5,12,15,17,21H,3-4,6-11,13-14H2;1H. The van der Waals surface area contributed by atoms with Crippen LogP contribution >= 0.6 is 12.4 Å². The molecule has 0 radical (unpaired) electrons. The molecule has 2 aliphatic heterocycles. The third kappa shape index (κ3) is 4.78. The van der Waals surface area contributed by atoms with Crippen LogP contribution in [0.4, 0.5) is 0 Å². The Morgan fingerprint density at radius 3 is 2.52 bits per heavy atom. The van der Waals surface area contributed by atoms with Gasteiger partial charge in [0.2, 0.25) is 11.8 Å². The summed E-state index contributed by atoms with van der Waals surface area (Å²) in [6.07, 6.45) is 5.74. The number of nitrogens with zero attached hydrogens (tertiary/aromatic N) is 4. The summed E-state index contributed by atoms with van der Waals surface area (Å²) in [7, 11) is 0.